The van der Waals surface area contributed by atoms with E-state index in [4.69, 9.17) is 21.1 Å². The van der Waals surface area contributed by atoms with E-state index in [0.717, 1.165) is 4.90 Å². The summed E-state index contributed by atoms with van der Waals surface area (Å²) in [6.07, 6.45) is -0.927. The van der Waals surface area contributed by atoms with Crippen LogP contribution >= 0.6 is 11.6 Å². The Hall–Kier alpha value is -1.83. The van der Waals surface area contributed by atoms with Crippen LogP contribution in [0.4, 0.5) is 4.79 Å². The van der Waals surface area contributed by atoms with E-state index < -0.39 is 12.1 Å². The van der Waals surface area contributed by atoms with Crippen molar-refractivity contribution in [1.82, 2.24) is 10.2 Å². The normalized spacial score (nSPS) is 15.8. The largest absolute Gasteiger partial charge is 0.491 e. The Morgan fingerprint density at radius 3 is 2.64 bits per heavy atom. The molecule has 0 aromatic heterocycles. The van der Waals surface area contributed by atoms with Crippen molar-refractivity contribution < 1.29 is 24.2 Å². The van der Waals surface area contributed by atoms with E-state index >= 15 is 0 Å². The van der Waals surface area contributed by atoms with Gasteiger partial charge in [-0.15, -0.1) is 0 Å². The summed E-state index contributed by atoms with van der Waals surface area (Å²) in [4.78, 5) is 23.6. The molecule has 1 atom stereocenters. The number of benzene rings is 1. The fourth-order valence-electron chi connectivity index (χ4n) is 1.87. The van der Waals surface area contributed by atoms with Crippen molar-refractivity contribution in [1.29, 1.82) is 0 Å². The third-order valence-electron chi connectivity index (χ3n) is 2.95. The highest BCUT2D eigenvalue weighted by atomic mass is 35.5. The van der Waals surface area contributed by atoms with Crippen LogP contribution in [0, 0.1) is 0 Å². The van der Waals surface area contributed by atoms with Gasteiger partial charge in [-0.05, 0) is 24.3 Å². The summed E-state index contributed by atoms with van der Waals surface area (Å²) >= 11 is 5.76. The monoisotopic (exact) mass is 328 g/mol. The van der Waals surface area contributed by atoms with Crippen molar-refractivity contribution in [3.63, 3.8) is 0 Å². The number of β-amino-alcohol motifs (C(OH)–C–C–N with tert-alkyl or cyclic N) is 1. The molecule has 7 nitrogen and oxygen atoms in total. The van der Waals surface area contributed by atoms with Crippen LogP contribution in [0.3, 0.4) is 0 Å². The molecule has 120 valence electrons. The van der Waals surface area contributed by atoms with Gasteiger partial charge in [0.1, 0.15) is 12.4 Å². The van der Waals surface area contributed by atoms with Gasteiger partial charge in [-0.25, -0.2) is 4.79 Å². The molecule has 0 bridgehead atoms. The van der Waals surface area contributed by atoms with Crippen molar-refractivity contribution in [2.45, 2.75) is 6.10 Å². The number of nitrogens with one attached hydrogen (secondary N) is 1. The molecule has 8 heteroatoms. The fourth-order valence-corrected chi connectivity index (χ4v) is 2.00. The minimum atomic E-state index is -0.927. The minimum Gasteiger partial charge on any atom is -0.491 e. The smallest absolute Gasteiger partial charge is 0.324 e. The van der Waals surface area contributed by atoms with Crippen molar-refractivity contribution in [3.8, 4) is 5.75 Å². The number of ether oxygens (including phenoxy) is 2. The average Bonchev–Trinajstić information content (AvgIpc) is 2.81. The van der Waals surface area contributed by atoms with Gasteiger partial charge in [0.05, 0.1) is 32.4 Å². The molecule has 2 N–H and O–H groups in total. The molecule has 0 spiro atoms. The van der Waals surface area contributed by atoms with Crippen molar-refractivity contribution in [2.24, 2.45) is 0 Å². The van der Waals surface area contributed by atoms with E-state index in [1.165, 1.54) is 0 Å². The number of halogens is 1. The number of amides is 3. The molecule has 1 aromatic rings. The lowest BCUT2D eigenvalue weighted by molar-refractivity contribution is -0.126. The Bertz CT molecular complexity index is 506. The number of aliphatic hydroxyl groups excluding tert-OH is 1. The second-order valence-corrected chi connectivity index (χ2v) is 5.13. The lowest BCUT2D eigenvalue weighted by Gasteiger charge is -2.17. The van der Waals surface area contributed by atoms with Crippen LogP contribution in [-0.4, -0.2) is 61.0 Å². The van der Waals surface area contributed by atoms with Crippen LogP contribution in [0.2, 0.25) is 5.02 Å². The Balaban J connectivity index is 1.59. The maximum atomic E-state index is 11.3. The van der Waals surface area contributed by atoms with E-state index in [0.29, 0.717) is 17.4 Å². The van der Waals surface area contributed by atoms with Gasteiger partial charge < -0.3 is 19.9 Å². The zero-order chi connectivity index (χ0) is 15.9. The van der Waals surface area contributed by atoms with E-state index in [2.05, 4.69) is 5.32 Å². The van der Waals surface area contributed by atoms with Crippen LogP contribution in [0.15, 0.2) is 24.3 Å². The molecule has 0 radical (unpaired) electrons. The molecule has 1 heterocycles. The first kappa shape index (κ1) is 16.5. The number of carbonyl (C=O) groups excluding carboxylic acids is 2. The highest BCUT2D eigenvalue weighted by molar-refractivity contribution is 6.30. The molecule has 3 amide bonds. The fraction of sp³-hybridized carbons (Fsp3) is 0.429. The molecule has 1 aliphatic rings. The molecular weight excluding hydrogens is 312 g/mol. The number of hydrogen-bond acceptors (Lipinski definition) is 5. The number of nitrogens with zero attached hydrogens (tertiary/aromatic N) is 1. The van der Waals surface area contributed by atoms with Crippen molar-refractivity contribution in [2.75, 3.05) is 32.9 Å². The Morgan fingerprint density at radius 2 is 2.00 bits per heavy atom. The molecule has 0 aliphatic carbocycles. The van der Waals surface area contributed by atoms with E-state index in [-0.39, 0.29) is 32.2 Å². The van der Waals surface area contributed by atoms with Gasteiger partial charge in [0.25, 0.3) is 0 Å². The minimum absolute atomic E-state index is 0.0149. The van der Waals surface area contributed by atoms with Crippen molar-refractivity contribution >= 4 is 23.5 Å². The third-order valence-corrected chi connectivity index (χ3v) is 3.20. The van der Waals surface area contributed by atoms with Gasteiger partial charge in [-0.2, -0.15) is 0 Å². The lowest BCUT2D eigenvalue weighted by Crippen LogP contribution is -2.39. The van der Waals surface area contributed by atoms with Gasteiger partial charge in [0, 0.05) is 5.02 Å². The average molecular weight is 329 g/mol. The Morgan fingerprint density at radius 1 is 1.27 bits per heavy atom. The summed E-state index contributed by atoms with van der Waals surface area (Å²) in [6, 6.07) is 6.44. The number of imide groups is 1. The maximum Gasteiger partial charge on any atom is 0.324 e. The van der Waals surface area contributed by atoms with Crippen molar-refractivity contribution in [3.05, 3.63) is 29.3 Å². The van der Waals surface area contributed by atoms with E-state index in [9.17, 15) is 14.7 Å². The predicted molar refractivity (Wildman–Crippen MR) is 78.9 cm³/mol. The molecule has 2 rings (SSSR count). The summed E-state index contributed by atoms with van der Waals surface area (Å²) in [6.45, 7) is 0.502. The highest BCUT2D eigenvalue weighted by Gasteiger charge is 2.29. The summed E-state index contributed by atoms with van der Waals surface area (Å²) in [5.74, 6) is 0.322. The number of urea groups is 1. The van der Waals surface area contributed by atoms with Crippen LogP contribution in [0.25, 0.3) is 0 Å². The molecule has 1 aromatic carbocycles. The van der Waals surface area contributed by atoms with Gasteiger partial charge in [-0.3, -0.25) is 9.69 Å². The molecule has 22 heavy (non-hydrogen) atoms. The summed E-state index contributed by atoms with van der Waals surface area (Å²) < 4.78 is 10.7. The van der Waals surface area contributed by atoms with Crippen LogP contribution in [-0.2, 0) is 9.53 Å². The highest BCUT2D eigenvalue weighted by Crippen LogP contribution is 2.15. The molecule has 1 saturated heterocycles. The van der Waals surface area contributed by atoms with Crippen LogP contribution < -0.4 is 10.1 Å². The van der Waals surface area contributed by atoms with E-state index in [1.807, 2.05) is 0 Å². The quantitative estimate of drug-likeness (QED) is 0.540. The number of carbonyl (C=O) groups is 2. The van der Waals surface area contributed by atoms with Gasteiger partial charge in [0.15, 0.2) is 0 Å². The predicted octanol–water partition coefficient (Wildman–Crippen LogP) is 0.648. The number of aliphatic hydroxyl groups is 1. The Labute approximate surface area is 132 Å². The Kier molecular flexibility index (Phi) is 6.00. The van der Waals surface area contributed by atoms with Crippen LogP contribution in [0.5, 0.6) is 5.75 Å². The zero-order valence-electron chi connectivity index (χ0n) is 11.8. The van der Waals surface area contributed by atoms with Gasteiger partial charge in [0.2, 0.25) is 5.91 Å². The van der Waals surface area contributed by atoms with E-state index in [1.54, 1.807) is 24.3 Å². The molecule has 0 saturated carbocycles. The first-order valence-corrected chi connectivity index (χ1v) is 7.16. The third kappa shape index (κ3) is 4.87. The second kappa shape index (κ2) is 7.98. The lowest BCUT2D eigenvalue weighted by atomic mass is 10.3. The number of rotatable bonds is 8. The first-order valence-electron chi connectivity index (χ1n) is 6.78. The number of hydrogen-bond donors (Lipinski definition) is 2. The topological polar surface area (TPSA) is 88.1 Å². The molecular formula is C14H17ClN2O5. The molecule has 1 fully saturated rings. The first-order chi connectivity index (χ1) is 10.6. The summed E-state index contributed by atoms with van der Waals surface area (Å²) in [5, 5.41) is 12.7. The summed E-state index contributed by atoms with van der Waals surface area (Å²) in [5.41, 5.74) is 0. The molecule has 1 aliphatic heterocycles. The zero-order valence-corrected chi connectivity index (χ0v) is 12.6. The van der Waals surface area contributed by atoms with Gasteiger partial charge >= 0.3 is 6.03 Å². The maximum absolute atomic E-state index is 11.3. The van der Waals surface area contributed by atoms with Gasteiger partial charge in [-0.1, -0.05) is 11.6 Å². The SMILES string of the molecule is O=C1CNC(=O)N1C[C@@H](O)COCCOc1ccc(Cl)cc1. The van der Waals surface area contributed by atoms with Crippen LogP contribution in [0.1, 0.15) is 0 Å². The standard InChI is InChI=1S/C14H17ClN2O5/c15-10-1-3-12(4-2-10)22-6-5-21-9-11(18)8-17-13(19)7-16-14(17)20/h1-4,11,18H,5-9H2,(H,16,20)/t11-/m1/s1. The summed E-state index contributed by atoms with van der Waals surface area (Å²) in [7, 11) is 0. The molecule has 0 unspecified atom stereocenters. The second-order valence-electron chi connectivity index (χ2n) is 4.69.